The number of hydrogen-bond donors (Lipinski definition) is 1. The Hall–Kier alpha value is -3.86. The average Bonchev–Trinajstić information content (AvgIpc) is 3.28. The lowest BCUT2D eigenvalue weighted by Gasteiger charge is -2.11. The number of anilines is 1. The smallest absolute Gasteiger partial charge is 0.337 e. The average molecular weight is 513 g/mol. The van der Waals surface area contributed by atoms with Crippen LogP contribution in [0.2, 0.25) is 0 Å². The summed E-state index contributed by atoms with van der Waals surface area (Å²) in [5.74, 6) is -0.206. The van der Waals surface area contributed by atoms with E-state index in [-0.39, 0.29) is 35.1 Å². The molecule has 2 aromatic carbocycles. The Kier molecular flexibility index (Phi) is 9.07. The third-order valence-electron chi connectivity index (χ3n) is 5.35. The highest BCUT2D eigenvalue weighted by Gasteiger charge is 2.17. The van der Waals surface area contributed by atoms with E-state index >= 15 is 0 Å². The van der Waals surface area contributed by atoms with Gasteiger partial charge >= 0.3 is 11.9 Å². The van der Waals surface area contributed by atoms with Gasteiger partial charge in [-0.05, 0) is 62.2 Å². The van der Waals surface area contributed by atoms with Crippen LogP contribution in [0.25, 0.3) is 0 Å². The Morgan fingerprint density at radius 2 is 1.61 bits per heavy atom. The predicted molar refractivity (Wildman–Crippen MR) is 134 cm³/mol. The van der Waals surface area contributed by atoms with E-state index in [2.05, 4.69) is 15.5 Å². The first kappa shape index (κ1) is 26.7. The monoisotopic (exact) mass is 512 g/mol. The fraction of sp³-hybridized carbons (Fsp3) is 0.320. The molecular formula is C25H28N4O6S. The molecule has 0 radical (unpaired) electrons. The molecule has 1 amide bonds. The summed E-state index contributed by atoms with van der Waals surface area (Å²) in [5, 5.41) is 11.7. The lowest BCUT2D eigenvalue weighted by Crippen LogP contribution is -2.16. The number of methoxy groups -OCH3 is 2. The zero-order valence-electron chi connectivity index (χ0n) is 20.8. The fourth-order valence-electron chi connectivity index (χ4n) is 3.30. The standard InChI is InChI=1S/C25H28N4O6S/c1-6-29-21(13-35-20-8-7-15(2)16(3)9-20)27-28-25(29)36-14-22(30)26-19-11-17(23(31)33-4)10-18(12-19)24(32)34-5/h7-12H,6,13-14H2,1-5H3,(H,26,30). The first-order valence-electron chi connectivity index (χ1n) is 11.1. The normalized spacial score (nSPS) is 10.6. The number of rotatable bonds is 10. The van der Waals surface area contributed by atoms with Crippen molar-refractivity contribution in [2.45, 2.75) is 39.1 Å². The fourth-order valence-corrected chi connectivity index (χ4v) is 4.12. The predicted octanol–water partition coefficient (Wildman–Crippen LogP) is 3.80. The molecular weight excluding hydrogens is 484 g/mol. The highest BCUT2D eigenvalue weighted by Crippen LogP contribution is 2.22. The van der Waals surface area contributed by atoms with Crippen LogP contribution >= 0.6 is 11.8 Å². The molecule has 0 bridgehead atoms. The summed E-state index contributed by atoms with van der Waals surface area (Å²) in [5.41, 5.74) is 2.82. The summed E-state index contributed by atoms with van der Waals surface area (Å²) in [6, 6.07) is 10.1. The zero-order chi connectivity index (χ0) is 26.2. The quantitative estimate of drug-likeness (QED) is 0.319. The Bertz CT molecular complexity index is 1240. The Morgan fingerprint density at radius 3 is 2.19 bits per heavy atom. The van der Waals surface area contributed by atoms with Crippen LogP contribution in [0.4, 0.5) is 5.69 Å². The third kappa shape index (κ3) is 6.63. The van der Waals surface area contributed by atoms with Crippen LogP contribution in [0.15, 0.2) is 41.6 Å². The van der Waals surface area contributed by atoms with E-state index in [1.807, 2.05) is 43.5 Å². The summed E-state index contributed by atoms with van der Waals surface area (Å²) in [7, 11) is 2.46. The number of thioether (sulfide) groups is 1. The van der Waals surface area contributed by atoms with Gasteiger partial charge in [-0.1, -0.05) is 17.8 Å². The van der Waals surface area contributed by atoms with Crippen LogP contribution in [0, 0.1) is 13.8 Å². The van der Waals surface area contributed by atoms with E-state index < -0.39 is 11.9 Å². The van der Waals surface area contributed by atoms with E-state index in [1.165, 1.54) is 49.7 Å². The van der Waals surface area contributed by atoms with Crippen molar-refractivity contribution in [3.05, 3.63) is 64.5 Å². The number of amides is 1. The first-order chi connectivity index (χ1) is 17.2. The van der Waals surface area contributed by atoms with Crippen molar-refractivity contribution in [1.29, 1.82) is 0 Å². The lowest BCUT2D eigenvalue weighted by atomic mass is 10.1. The van der Waals surface area contributed by atoms with Crippen molar-refractivity contribution < 1.29 is 28.6 Å². The maximum atomic E-state index is 12.6. The van der Waals surface area contributed by atoms with Gasteiger partial charge in [0.25, 0.3) is 0 Å². The number of nitrogens with one attached hydrogen (secondary N) is 1. The largest absolute Gasteiger partial charge is 0.486 e. The molecule has 10 nitrogen and oxygen atoms in total. The number of aryl methyl sites for hydroxylation is 2. The molecule has 36 heavy (non-hydrogen) atoms. The molecule has 0 atom stereocenters. The summed E-state index contributed by atoms with van der Waals surface area (Å²) in [4.78, 5) is 36.5. The van der Waals surface area contributed by atoms with E-state index in [0.29, 0.717) is 17.5 Å². The molecule has 1 heterocycles. The van der Waals surface area contributed by atoms with Crippen LogP contribution in [0.5, 0.6) is 5.75 Å². The van der Waals surface area contributed by atoms with Crippen molar-refractivity contribution in [2.75, 3.05) is 25.3 Å². The number of esters is 2. The molecule has 0 fully saturated rings. The summed E-state index contributed by atoms with van der Waals surface area (Å²) >= 11 is 1.21. The molecule has 0 aliphatic carbocycles. The van der Waals surface area contributed by atoms with Crippen LogP contribution in [0.3, 0.4) is 0 Å². The molecule has 0 unspecified atom stereocenters. The second-order valence-electron chi connectivity index (χ2n) is 7.80. The van der Waals surface area contributed by atoms with E-state index in [4.69, 9.17) is 14.2 Å². The number of benzene rings is 2. The number of aromatic nitrogens is 3. The van der Waals surface area contributed by atoms with Gasteiger partial charge in [0.05, 0.1) is 31.1 Å². The molecule has 0 saturated carbocycles. The second-order valence-corrected chi connectivity index (χ2v) is 8.74. The summed E-state index contributed by atoms with van der Waals surface area (Å²) < 4.78 is 17.2. The molecule has 3 rings (SSSR count). The van der Waals surface area contributed by atoms with Gasteiger partial charge in [0.2, 0.25) is 5.91 Å². The molecule has 190 valence electrons. The molecule has 3 aromatic rings. The van der Waals surface area contributed by atoms with Gasteiger partial charge in [0.15, 0.2) is 11.0 Å². The van der Waals surface area contributed by atoms with Gasteiger partial charge < -0.3 is 24.1 Å². The number of carbonyl (C=O) groups excluding carboxylic acids is 3. The van der Waals surface area contributed by atoms with Gasteiger partial charge in [-0.2, -0.15) is 0 Å². The molecule has 0 spiro atoms. The minimum Gasteiger partial charge on any atom is -0.486 e. The second kappa shape index (κ2) is 12.2. The van der Waals surface area contributed by atoms with Crippen LogP contribution in [-0.4, -0.2) is 52.6 Å². The minimum absolute atomic E-state index is 0.0339. The molecule has 11 heteroatoms. The highest BCUT2D eigenvalue weighted by molar-refractivity contribution is 7.99. The number of nitrogens with zero attached hydrogens (tertiary/aromatic N) is 3. The van der Waals surface area contributed by atoms with Crippen molar-refractivity contribution in [3.63, 3.8) is 0 Å². The summed E-state index contributed by atoms with van der Waals surface area (Å²) in [6.07, 6.45) is 0. The highest BCUT2D eigenvalue weighted by atomic mass is 32.2. The number of carbonyl (C=O) groups is 3. The zero-order valence-corrected chi connectivity index (χ0v) is 21.6. The summed E-state index contributed by atoms with van der Waals surface area (Å²) in [6.45, 7) is 6.87. The van der Waals surface area contributed by atoms with Crippen molar-refractivity contribution in [3.8, 4) is 5.75 Å². The van der Waals surface area contributed by atoms with Crippen molar-refractivity contribution in [2.24, 2.45) is 0 Å². The maximum Gasteiger partial charge on any atom is 0.337 e. The minimum atomic E-state index is -0.641. The molecule has 0 saturated heterocycles. The van der Waals surface area contributed by atoms with Gasteiger partial charge in [0.1, 0.15) is 12.4 Å². The topological polar surface area (TPSA) is 122 Å². The Morgan fingerprint density at radius 1 is 0.944 bits per heavy atom. The van der Waals surface area contributed by atoms with Crippen LogP contribution in [-0.2, 0) is 27.4 Å². The number of hydrogen-bond acceptors (Lipinski definition) is 9. The van der Waals surface area contributed by atoms with Crippen molar-refractivity contribution in [1.82, 2.24) is 14.8 Å². The lowest BCUT2D eigenvalue weighted by molar-refractivity contribution is -0.113. The number of ether oxygens (including phenoxy) is 3. The molecule has 0 aliphatic heterocycles. The third-order valence-corrected chi connectivity index (χ3v) is 6.31. The van der Waals surface area contributed by atoms with Crippen LogP contribution < -0.4 is 10.1 Å². The Labute approximate surface area is 213 Å². The molecule has 0 aliphatic rings. The Balaban J connectivity index is 1.65. The molecule has 1 aromatic heterocycles. The van der Waals surface area contributed by atoms with Gasteiger partial charge in [-0.3, -0.25) is 4.79 Å². The van der Waals surface area contributed by atoms with Gasteiger partial charge in [-0.15, -0.1) is 10.2 Å². The maximum absolute atomic E-state index is 12.6. The van der Waals surface area contributed by atoms with E-state index in [9.17, 15) is 14.4 Å². The van der Waals surface area contributed by atoms with E-state index in [0.717, 1.165) is 11.3 Å². The first-order valence-corrected chi connectivity index (χ1v) is 12.1. The van der Waals surface area contributed by atoms with Crippen molar-refractivity contribution >= 4 is 35.3 Å². The van der Waals surface area contributed by atoms with Gasteiger partial charge in [0, 0.05) is 12.2 Å². The SMILES string of the molecule is CCn1c(COc2ccc(C)c(C)c2)nnc1SCC(=O)Nc1cc(C(=O)OC)cc(C(=O)OC)c1. The van der Waals surface area contributed by atoms with Gasteiger partial charge in [-0.25, -0.2) is 9.59 Å². The molecule has 1 N–H and O–H groups in total. The van der Waals surface area contributed by atoms with E-state index in [1.54, 1.807) is 0 Å². The van der Waals surface area contributed by atoms with Crippen LogP contribution in [0.1, 0.15) is 44.6 Å².